The molecule has 0 saturated carbocycles. The second kappa shape index (κ2) is 4.79. The number of aromatic nitrogens is 2. The molecule has 5 nitrogen and oxygen atoms in total. The van der Waals surface area contributed by atoms with Crippen LogP contribution in [-0.4, -0.2) is 9.97 Å². The van der Waals surface area contributed by atoms with Crippen molar-refractivity contribution in [2.45, 2.75) is 0 Å². The predicted molar refractivity (Wildman–Crippen MR) is 74.9 cm³/mol. The van der Waals surface area contributed by atoms with Gasteiger partial charge in [-0.1, -0.05) is 6.07 Å². The maximum atomic E-state index is 13.2. The summed E-state index contributed by atoms with van der Waals surface area (Å²) in [5, 5.41) is 5.85. The maximum absolute atomic E-state index is 13.2. The highest BCUT2D eigenvalue weighted by Gasteiger charge is 2.08. The van der Waals surface area contributed by atoms with E-state index in [2.05, 4.69) is 20.7 Å². The van der Waals surface area contributed by atoms with Crippen LogP contribution in [0.15, 0.2) is 35.7 Å². The van der Waals surface area contributed by atoms with E-state index >= 15 is 0 Å². The van der Waals surface area contributed by atoms with Crippen molar-refractivity contribution in [3.63, 3.8) is 0 Å². The molecule has 1 aromatic carbocycles. The number of nitrogens with zero attached hydrogens (tertiary/aromatic N) is 2. The Morgan fingerprint density at radius 2 is 2.11 bits per heavy atom. The van der Waals surface area contributed by atoms with E-state index in [1.807, 2.05) is 11.4 Å². The SMILES string of the molecule is NNc1nc(Nc2cccc(F)c2)c2ccsc2n1. The van der Waals surface area contributed by atoms with E-state index in [9.17, 15) is 4.39 Å². The van der Waals surface area contributed by atoms with Gasteiger partial charge in [0.1, 0.15) is 16.5 Å². The van der Waals surface area contributed by atoms with E-state index in [1.165, 1.54) is 23.5 Å². The van der Waals surface area contributed by atoms with Crippen LogP contribution in [0.1, 0.15) is 0 Å². The number of nitrogen functional groups attached to an aromatic ring is 1. The minimum Gasteiger partial charge on any atom is -0.339 e. The number of halogens is 1. The molecule has 3 aromatic rings. The Morgan fingerprint density at radius 3 is 2.89 bits per heavy atom. The summed E-state index contributed by atoms with van der Waals surface area (Å²) in [6.45, 7) is 0. The van der Waals surface area contributed by atoms with Gasteiger partial charge in [-0.15, -0.1) is 11.3 Å². The van der Waals surface area contributed by atoms with E-state index in [0.29, 0.717) is 17.5 Å². The average Bonchev–Trinajstić information content (AvgIpc) is 2.87. The summed E-state index contributed by atoms with van der Waals surface area (Å²) >= 11 is 1.48. The number of anilines is 3. The van der Waals surface area contributed by atoms with Crippen LogP contribution in [0, 0.1) is 5.82 Å². The van der Waals surface area contributed by atoms with E-state index in [0.717, 1.165) is 10.2 Å². The molecule has 4 N–H and O–H groups in total. The van der Waals surface area contributed by atoms with E-state index in [-0.39, 0.29) is 5.82 Å². The molecule has 0 spiro atoms. The molecular formula is C12H10FN5S. The first-order valence-corrected chi connectivity index (χ1v) is 6.38. The van der Waals surface area contributed by atoms with Gasteiger partial charge in [-0.05, 0) is 29.6 Å². The highest BCUT2D eigenvalue weighted by Crippen LogP contribution is 2.28. The molecule has 0 bridgehead atoms. The number of hydrazine groups is 1. The van der Waals surface area contributed by atoms with Crippen molar-refractivity contribution in [3.05, 3.63) is 41.5 Å². The standard InChI is InChI=1S/C12H10FN5S/c13-7-2-1-3-8(6-7)15-10-9-4-5-19-11(9)17-12(16-10)18-14/h1-6H,14H2,(H2,15,16,17,18). The molecule has 2 aromatic heterocycles. The van der Waals surface area contributed by atoms with Crippen molar-refractivity contribution >= 4 is 39.0 Å². The van der Waals surface area contributed by atoms with Gasteiger partial charge >= 0.3 is 0 Å². The summed E-state index contributed by atoms with van der Waals surface area (Å²) in [7, 11) is 0. The Morgan fingerprint density at radius 1 is 1.21 bits per heavy atom. The van der Waals surface area contributed by atoms with Gasteiger partial charge in [0, 0.05) is 5.69 Å². The maximum Gasteiger partial charge on any atom is 0.240 e. The average molecular weight is 275 g/mol. The van der Waals surface area contributed by atoms with Crippen LogP contribution >= 0.6 is 11.3 Å². The van der Waals surface area contributed by atoms with Crippen molar-refractivity contribution in [3.8, 4) is 0 Å². The van der Waals surface area contributed by atoms with E-state index < -0.39 is 0 Å². The molecule has 2 heterocycles. The zero-order valence-electron chi connectivity index (χ0n) is 9.72. The lowest BCUT2D eigenvalue weighted by atomic mass is 10.3. The molecule has 0 radical (unpaired) electrons. The van der Waals surface area contributed by atoms with Crippen LogP contribution in [0.3, 0.4) is 0 Å². The van der Waals surface area contributed by atoms with Crippen LogP contribution < -0.4 is 16.6 Å². The van der Waals surface area contributed by atoms with Gasteiger partial charge in [-0.25, -0.2) is 15.2 Å². The van der Waals surface area contributed by atoms with Crippen LogP contribution in [0.2, 0.25) is 0 Å². The Labute approximate surface area is 112 Å². The fourth-order valence-corrected chi connectivity index (χ4v) is 2.48. The molecule has 3 rings (SSSR count). The molecule has 19 heavy (non-hydrogen) atoms. The van der Waals surface area contributed by atoms with E-state index in [1.54, 1.807) is 12.1 Å². The Bertz CT molecular complexity index is 727. The first-order valence-electron chi connectivity index (χ1n) is 5.51. The number of hydrogen-bond acceptors (Lipinski definition) is 6. The van der Waals surface area contributed by atoms with Gasteiger partial charge in [0.2, 0.25) is 5.95 Å². The van der Waals surface area contributed by atoms with Crippen molar-refractivity contribution < 1.29 is 4.39 Å². The molecule has 0 amide bonds. The van der Waals surface area contributed by atoms with Crippen LogP contribution in [0.5, 0.6) is 0 Å². The first kappa shape index (κ1) is 11.8. The van der Waals surface area contributed by atoms with Gasteiger partial charge in [-0.3, -0.25) is 5.43 Å². The fourth-order valence-electron chi connectivity index (χ4n) is 1.72. The number of benzene rings is 1. The first-order chi connectivity index (χ1) is 9.26. The predicted octanol–water partition coefficient (Wildman–Crippen LogP) is 2.86. The molecule has 96 valence electrons. The van der Waals surface area contributed by atoms with Gasteiger partial charge < -0.3 is 5.32 Å². The Kier molecular flexibility index (Phi) is 2.98. The molecule has 0 unspecified atom stereocenters. The zero-order chi connectivity index (χ0) is 13.2. The third kappa shape index (κ3) is 2.33. The second-order valence-electron chi connectivity index (χ2n) is 3.81. The normalized spacial score (nSPS) is 10.6. The second-order valence-corrected chi connectivity index (χ2v) is 4.71. The van der Waals surface area contributed by atoms with Crippen LogP contribution in [0.4, 0.5) is 21.8 Å². The lowest BCUT2D eigenvalue weighted by molar-refractivity contribution is 0.628. The summed E-state index contributed by atoms with van der Waals surface area (Å²) in [5.41, 5.74) is 3.04. The molecular weight excluding hydrogens is 265 g/mol. The fraction of sp³-hybridized carbons (Fsp3) is 0. The van der Waals surface area contributed by atoms with Crippen molar-refractivity contribution in [2.24, 2.45) is 5.84 Å². The molecule has 0 aliphatic carbocycles. The highest BCUT2D eigenvalue weighted by molar-refractivity contribution is 7.16. The summed E-state index contributed by atoms with van der Waals surface area (Å²) in [6.07, 6.45) is 0. The third-order valence-electron chi connectivity index (χ3n) is 2.54. The lowest BCUT2D eigenvalue weighted by Crippen LogP contribution is -2.11. The third-order valence-corrected chi connectivity index (χ3v) is 3.35. The van der Waals surface area contributed by atoms with Crippen LogP contribution in [0.25, 0.3) is 10.2 Å². The van der Waals surface area contributed by atoms with Gasteiger partial charge in [0.15, 0.2) is 0 Å². The van der Waals surface area contributed by atoms with Gasteiger partial charge in [0.25, 0.3) is 0 Å². The van der Waals surface area contributed by atoms with Crippen molar-refractivity contribution in [1.29, 1.82) is 0 Å². The topological polar surface area (TPSA) is 75.9 Å². The number of nitrogens with two attached hydrogens (primary N) is 1. The number of nitrogens with one attached hydrogen (secondary N) is 2. The number of thiophene rings is 1. The largest absolute Gasteiger partial charge is 0.339 e. The van der Waals surface area contributed by atoms with Crippen molar-refractivity contribution in [2.75, 3.05) is 10.7 Å². The Hall–Kier alpha value is -2.25. The summed E-state index contributed by atoms with van der Waals surface area (Å²) in [6, 6.07) is 8.08. The van der Waals surface area contributed by atoms with Gasteiger partial charge in [0.05, 0.1) is 5.39 Å². The zero-order valence-corrected chi connectivity index (χ0v) is 10.5. The minimum absolute atomic E-state index is 0.308. The number of hydrogen-bond donors (Lipinski definition) is 3. The molecule has 0 fully saturated rings. The smallest absolute Gasteiger partial charge is 0.240 e. The van der Waals surface area contributed by atoms with E-state index in [4.69, 9.17) is 5.84 Å². The summed E-state index contributed by atoms with van der Waals surface area (Å²) in [4.78, 5) is 9.28. The van der Waals surface area contributed by atoms with Crippen molar-refractivity contribution in [1.82, 2.24) is 9.97 Å². The molecule has 0 saturated heterocycles. The van der Waals surface area contributed by atoms with Gasteiger partial charge in [-0.2, -0.15) is 4.98 Å². The number of fused-ring (bicyclic) bond motifs is 1. The quantitative estimate of drug-likeness (QED) is 0.506. The van der Waals surface area contributed by atoms with Crippen LogP contribution in [-0.2, 0) is 0 Å². The molecule has 0 atom stereocenters. The molecule has 0 aliphatic rings. The molecule has 7 heteroatoms. The lowest BCUT2D eigenvalue weighted by Gasteiger charge is -2.08. The summed E-state index contributed by atoms with van der Waals surface area (Å²) in [5.74, 6) is 5.93. The Balaban J connectivity index is 2.06. The minimum atomic E-state index is -0.308. The molecule has 0 aliphatic heterocycles. The number of rotatable bonds is 3. The highest BCUT2D eigenvalue weighted by atomic mass is 32.1. The monoisotopic (exact) mass is 275 g/mol. The summed E-state index contributed by atoms with van der Waals surface area (Å²) < 4.78 is 13.2.